The zero-order valence-corrected chi connectivity index (χ0v) is 8.83. The molecule has 0 radical (unpaired) electrons. The molecule has 2 nitrogen and oxygen atoms in total. The van der Waals surface area contributed by atoms with Crippen molar-refractivity contribution in [2.24, 2.45) is 0 Å². The Hall–Kier alpha value is 0.790. The van der Waals surface area contributed by atoms with E-state index in [1.165, 1.54) is 0 Å². The van der Waals surface area contributed by atoms with Gasteiger partial charge in [0.2, 0.25) is 0 Å². The molecule has 1 heterocycles. The maximum absolute atomic E-state index is 5.54. The van der Waals surface area contributed by atoms with Gasteiger partial charge in [0.1, 0.15) is 6.10 Å². The SMILES string of the molecule is ClC(Cl)(Cl)CCCOCC1CO1. The second-order valence-electron chi connectivity index (χ2n) is 2.75. The first kappa shape index (κ1) is 10.9. The molecule has 72 valence electrons. The zero-order chi connectivity index (χ0) is 9.03. The van der Waals surface area contributed by atoms with Crippen molar-refractivity contribution in [3.05, 3.63) is 0 Å². The number of hydrogen-bond donors (Lipinski definition) is 0. The number of hydrogen-bond acceptors (Lipinski definition) is 2. The predicted octanol–water partition coefficient (Wildman–Crippen LogP) is 2.55. The molecule has 0 aromatic carbocycles. The summed E-state index contributed by atoms with van der Waals surface area (Å²) in [5, 5.41) is 0. The minimum Gasteiger partial charge on any atom is -0.379 e. The van der Waals surface area contributed by atoms with Crippen molar-refractivity contribution in [1.29, 1.82) is 0 Å². The van der Waals surface area contributed by atoms with Crippen molar-refractivity contribution in [2.45, 2.75) is 22.7 Å². The van der Waals surface area contributed by atoms with Gasteiger partial charge in [-0.05, 0) is 12.8 Å². The molecule has 0 N–H and O–H groups in total. The van der Waals surface area contributed by atoms with Gasteiger partial charge in [0.15, 0.2) is 3.79 Å². The highest BCUT2D eigenvalue weighted by atomic mass is 35.6. The van der Waals surface area contributed by atoms with E-state index in [0.29, 0.717) is 25.7 Å². The van der Waals surface area contributed by atoms with Crippen LogP contribution >= 0.6 is 34.8 Å². The smallest absolute Gasteiger partial charge is 0.190 e. The van der Waals surface area contributed by atoms with E-state index >= 15 is 0 Å². The Balaban J connectivity index is 1.82. The Morgan fingerprint density at radius 2 is 2.08 bits per heavy atom. The topological polar surface area (TPSA) is 21.8 Å². The third kappa shape index (κ3) is 6.32. The molecule has 1 aliphatic heterocycles. The van der Waals surface area contributed by atoms with E-state index in [0.717, 1.165) is 13.0 Å². The van der Waals surface area contributed by atoms with Crippen LogP contribution in [-0.4, -0.2) is 29.7 Å². The van der Waals surface area contributed by atoms with Gasteiger partial charge in [0, 0.05) is 6.61 Å². The van der Waals surface area contributed by atoms with E-state index in [2.05, 4.69) is 0 Å². The van der Waals surface area contributed by atoms with Crippen molar-refractivity contribution >= 4 is 34.8 Å². The summed E-state index contributed by atoms with van der Waals surface area (Å²) in [7, 11) is 0. The van der Waals surface area contributed by atoms with Crippen molar-refractivity contribution in [3.8, 4) is 0 Å². The fourth-order valence-electron chi connectivity index (χ4n) is 0.754. The standard InChI is InChI=1S/C7H11Cl3O2/c8-7(9,10)2-1-3-11-4-6-5-12-6/h6H,1-5H2. The maximum atomic E-state index is 5.54. The van der Waals surface area contributed by atoms with E-state index in [4.69, 9.17) is 44.3 Å². The van der Waals surface area contributed by atoms with Crippen LogP contribution in [0.25, 0.3) is 0 Å². The molecular formula is C7H11Cl3O2. The summed E-state index contributed by atoms with van der Waals surface area (Å²) in [6.45, 7) is 2.12. The Kier molecular flexibility index (Phi) is 4.41. The van der Waals surface area contributed by atoms with Crippen LogP contribution < -0.4 is 0 Å². The zero-order valence-electron chi connectivity index (χ0n) is 6.56. The summed E-state index contributed by atoms with van der Waals surface area (Å²) in [5.41, 5.74) is 0. The minimum atomic E-state index is -1.14. The van der Waals surface area contributed by atoms with Crippen molar-refractivity contribution in [2.75, 3.05) is 19.8 Å². The fraction of sp³-hybridized carbons (Fsp3) is 1.00. The molecule has 1 saturated heterocycles. The van der Waals surface area contributed by atoms with Crippen LogP contribution in [0.5, 0.6) is 0 Å². The summed E-state index contributed by atoms with van der Waals surface area (Å²) in [6.07, 6.45) is 1.62. The van der Waals surface area contributed by atoms with Gasteiger partial charge in [-0.1, -0.05) is 34.8 Å². The second-order valence-corrected chi connectivity index (χ2v) is 5.27. The van der Waals surface area contributed by atoms with E-state index in [9.17, 15) is 0 Å². The third-order valence-electron chi connectivity index (χ3n) is 1.46. The maximum Gasteiger partial charge on any atom is 0.190 e. The van der Waals surface area contributed by atoms with Crippen LogP contribution in [0.1, 0.15) is 12.8 Å². The molecule has 1 unspecified atom stereocenters. The normalized spacial score (nSPS) is 22.8. The average molecular weight is 234 g/mol. The molecule has 0 aromatic rings. The lowest BCUT2D eigenvalue weighted by molar-refractivity contribution is 0.113. The van der Waals surface area contributed by atoms with Crippen LogP contribution in [0.2, 0.25) is 0 Å². The number of rotatable bonds is 5. The van der Waals surface area contributed by atoms with Crippen LogP contribution in [0.15, 0.2) is 0 Å². The van der Waals surface area contributed by atoms with Crippen molar-refractivity contribution < 1.29 is 9.47 Å². The minimum absolute atomic E-state index is 0.317. The van der Waals surface area contributed by atoms with Gasteiger partial charge in [-0.15, -0.1) is 0 Å². The molecule has 0 amide bonds. The number of alkyl halides is 3. The summed E-state index contributed by atoms with van der Waals surface area (Å²) >= 11 is 16.6. The first-order valence-corrected chi connectivity index (χ1v) is 4.97. The predicted molar refractivity (Wildman–Crippen MR) is 50.1 cm³/mol. The highest BCUT2D eigenvalue weighted by Gasteiger charge is 2.22. The van der Waals surface area contributed by atoms with Gasteiger partial charge in [0.25, 0.3) is 0 Å². The van der Waals surface area contributed by atoms with E-state index < -0.39 is 3.79 Å². The van der Waals surface area contributed by atoms with Crippen LogP contribution in [0.4, 0.5) is 0 Å². The molecule has 0 spiro atoms. The molecule has 1 fully saturated rings. The first-order valence-electron chi connectivity index (χ1n) is 3.84. The van der Waals surface area contributed by atoms with Crippen LogP contribution in [-0.2, 0) is 9.47 Å². The fourth-order valence-corrected chi connectivity index (χ4v) is 1.15. The van der Waals surface area contributed by atoms with Crippen molar-refractivity contribution in [3.63, 3.8) is 0 Å². The molecule has 0 saturated carbocycles. The molecule has 1 rings (SSSR count). The lowest BCUT2D eigenvalue weighted by Crippen LogP contribution is -2.07. The Morgan fingerprint density at radius 1 is 1.42 bits per heavy atom. The molecule has 1 atom stereocenters. The average Bonchev–Trinajstić information content (AvgIpc) is 2.68. The van der Waals surface area contributed by atoms with Gasteiger partial charge in [0.05, 0.1) is 13.2 Å². The largest absolute Gasteiger partial charge is 0.379 e. The Bertz CT molecular complexity index is 131. The summed E-state index contributed by atoms with van der Waals surface area (Å²) in [5.74, 6) is 0. The van der Waals surface area contributed by atoms with Gasteiger partial charge in [-0.2, -0.15) is 0 Å². The Labute approximate surface area is 87.1 Å². The number of epoxide rings is 1. The highest BCUT2D eigenvalue weighted by Crippen LogP contribution is 2.31. The van der Waals surface area contributed by atoms with Crippen molar-refractivity contribution in [1.82, 2.24) is 0 Å². The first-order chi connectivity index (χ1) is 5.58. The van der Waals surface area contributed by atoms with E-state index in [1.54, 1.807) is 0 Å². The van der Waals surface area contributed by atoms with Crippen LogP contribution in [0, 0.1) is 0 Å². The highest BCUT2D eigenvalue weighted by molar-refractivity contribution is 6.67. The number of ether oxygens (including phenoxy) is 2. The van der Waals surface area contributed by atoms with E-state index in [1.807, 2.05) is 0 Å². The van der Waals surface area contributed by atoms with Gasteiger partial charge < -0.3 is 9.47 Å². The molecule has 0 aromatic heterocycles. The number of halogens is 3. The summed E-state index contributed by atoms with van der Waals surface area (Å²) in [6, 6.07) is 0. The third-order valence-corrected chi connectivity index (χ3v) is 2.02. The molecule has 0 aliphatic carbocycles. The monoisotopic (exact) mass is 232 g/mol. The molecule has 12 heavy (non-hydrogen) atoms. The lowest BCUT2D eigenvalue weighted by atomic mass is 10.3. The van der Waals surface area contributed by atoms with Gasteiger partial charge in [-0.25, -0.2) is 0 Å². The molecular weight excluding hydrogens is 222 g/mol. The van der Waals surface area contributed by atoms with Crippen LogP contribution in [0.3, 0.4) is 0 Å². The van der Waals surface area contributed by atoms with E-state index in [-0.39, 0.29) is 0 Å². The summed E-state index contributed by atoms with van der Waals surface area (Å²) < 4.78 is 9.07. The molecule has 1 aliphatic rings. The quantitative estimate of drug-likeness (QED) is 0.414. The second kappa shape index (κ2) is 4.87. The Morgan fingerprint density at radius 3 is 2.58 bits per heavy atom. The molecule has 0 bridgehead atoms. The summed E-state index contributed by atoms with van der Waals surface area (Å²) in [4.78, 5) is 0. The lowest BCUT2D eigenvalue weighted by Gasteiger charge is -2.09. The van der Waals surface area contributed by atoms with Gasteiger partial charge >= 0.3 is 0 Å². The molecule has 5 heteroatoms. The van der Waals surface area contributed by atoms with Gasteiger partial charge in [-0.3, -0.25) is 0 Å².